The minimum atomic E-state index is -0.889. The SMILES string of the molecule is COCCC(C)C(C)(O)CC=O. The van der Waals surface area contributed by atoms with E-state index in [4.69, 9.17) is 4.74 Å². The van der Waals surface area contributed by atoms with E-state index in [0.717, 1.165) is 12.7 Å². The maximum atomic E-state index is 10.2. The first-order chi connectivity index (χ1) is 5.54. The molecular formula is C9H18O3. The summed E-state index contributed by atoms with van der Waals surface area (Å²) < 4.78 is 4.89. The van der Waals surface area contributed by atoms with Crippen LogP contribution in [0.3, 0.4) is 0 Å². The van der Waals surface area contributed by atoms with Crippen molar-refractivity contribution in [3.63, 3.8) is 0 Å². The van der Waals surface area contributed by atoms with Gasteiger partial charge in [-0.05, 0) is 19.3 Å². The van der Waals surface area contributed by atoms with Crippen LogP contribution in [0.4, 0.5) is 0 Å². The molecule has 0 fully saturated rings. The van der Waals surface area contributed by atoms with Crippen molar-refractivity contribution in [2.45, 2.75) is 32.3 Å². The first-order valence-electron chi connectivity index (χ1n) is 4.19. The number of hydrogen-bond donors (Lipinski definition) is 1. The summed E-state index contributed by atoms with van der Waals surface area (Å²) in [6.07, 6.45) is 1.72. The molecule has 2 unspecified atom stereocenters. The zero-order valence-corrected chi connectivity index (χ0v) is 8.04. The highest BCUT2D eigenvalue weighted by Crippen LogP contribution is 2.22. The summed E-state index contributed by atoms with van der Waals surface area (Å²) in [6.45, 7) is 4.22. The second-order valence-corrected chi connectivity index (χ2v) is 3.41. The molecule has 72 valence electrons. The van der Waals surface area contributed by atoms with Crippen molar-refractivity contribution in [2.24, 2.45) is 5.92 Å². The molecule has 0 saturated heterocycles. The molecule has 3 nitrogen and oxygen atoms in total. The number of carbonyl (C=O) groups is 1. The summed E-state index contributed by atoms with van der Waals surface area (Å²) in [7, 11) is 1.63. The van der Waals surface area contributed by atoms with Gasteiger partial charge in [0.05, 0.1) is 5.60 Å². The Bertz CT molecular complexity index is 132. The van der Waals surface area contributed by atoms with Gasteiger partial charge in [0.25, 0.3) is 0 Å². The van der Waals surface area contributed by atoms with Gasteiger partial charge in [0, 0.05) is 20.1 Å². The summed E-state index contributed by atoms with van der Waals surface area (Å²) >= 11 is 0. The third-order valence-electron chi connectivity index (χ3n) is 2.31. The van der Waals surface area contributed by atoms with Crippen molar-refractivity contribution >= 4 is 6.29 Å². The third-order valence-corrected chi connectivity index (χ3v) is 2.31. The van der Waals surface area contributed by atoms with Crippen LogP contribution in [0.2, 0.25) is 0 Å². The second kappa shape index (κ2) is 5.27. The van der Waals surface area contributed by atoms with E-state index in [1.54, 1.807) is 14.0 Å². The molecule has 0 aromatic rings. The average molecular weight is 174 g/mol. The molecular weight excluding hydrogens is 156 g/mol. The highest BCUT2D eigenvalue weighted by Gasteiger charge is 2.27. The predicted molar refractivity (Wildman–Crippen MR) is 47.0 cm³/mol. The van der Waals surface area contributed by atoms with Crippen LogP contribution in [0.1, 0.15) is 26.7 Å². The van der Waals surface area contributed by atoms with E-state index < -0.39 is 5.60 Å². The number of aldehydes is 1. The molecule has 2 atom stereocenters. The van der Waals surface area contributed by atoms with Crippen LogP contribution in [-0.2, 0) is 9.53 Å². The maximum Gasteiger partial charge on any atom is 0.122 e. The zero-order valence-electron chi connectivity index (χ0n) is 8.04. The Hall–Kier alpha value is -0.410. The van der Waals surface area contributed by atoms with Crippen molar-refractivity contribution in [1.82, 2.24) is 0 Å². The van der Waals surface area contributed by atoms with Crippen LogP contribution in [-0.4, -0.2) is 30.7 Å². The van der Waals surface area contributed by atoms with Crippen LogP contribution in [0, 0.1) is 5.92 Å². The Morgan fingerprint density at radius 3 is 2.67 bits per heavy atom. The smallest absolute Gasteiger partial charge is 0.122 e. The zero-order chi connectivity index (χ0) is 9.61. The van der Waals surface area contributed by atoms with Crippen LogP contribution in [0.5, 0.6) is 0 Å². The molecule has 0 amide bonds. The fourth-order valence-corrected chi connectivity index (χ4v) is 0.975. The first-order valence-corrected chi connectivity index (χ1v) is 4.19. The molecule has 0 spiro atoms. The lowest BCUT2D eigenvalue weighted by molar-refractivity contribution is -0.114. The number of methoxy groups -OCH3 is 1. The van der Waals surface area contributed by atoms with Gasteiger partial charge < -0.3 is 14.6 Å². The summed E-state index contributed by atoms with van der Waals surface area (Å²) in [5.41, 5.74) is -0.889. The number of carbonyl (C=O) groups excluding carboxylic acids is 1. The first kappa shape index (κ1) is 11.6. The minimum absolute atomic E-state index is 0.0858. The van der Waals surface area contributed by atoms with Gasteiger partial charge in [-0.25, -0.2) is 0 Å². The molecule has 0 bridgehead atoms. The highest BCUT2D eigenvalue weighted by molar-refractivity contribution is 5.51. The Balaban J connectivity index is 3.86. The summed E-state index contributed by atoms with van der Waals surface area (Å²) in [5, 5.41) is 9.72. The Labute approximate surface area is 73.7 Å². The summed E-state index contributed by atoms with van der Waals surface area (Å²) in [4.78, 5) is 10.2. The summed E-state index contributed by atoms with van der Waals surface area (Å²) in [5.74, 6) is 0.0858. The van der Waals surface area contributed by atoms with Crippen LogP contribution in [0.25, 0.3) is 0 Å². The number of aliphatic hydroxyl groups is 1. The average Bonchev–Trinajstić information content (AvgIpc) is 2.00. The molecule has 0 radical (unpaired) electrons. The third kappa shape index (κ3) is 3.83. The molecule has 0 aromatic heterocycles. The molecule has 0 saturated carbocycles. The van der Waals surface area contributed by atoms with Gasteiger partial charge in [0.2, 0.25) is 0 Å². The van der Waals surface area contributed by atoms with Crippen molar-refractivity contribution in [2.75, 3.05) is 13.7 Å². The van der Waals surface area contributed by atoms with Crippen LogP contribution in [0.15, 0.2) is 0 Å². The quantitative estimate of drug-likeness (QED) is 0.611. The van der Waals surface area contributed by atoms with Gasteiger partial charge >= 0.3 is 0 Å². The van der Waals surface area contributed by atoms with Gasteiger partial charge in [-0.15, -0.1) is 0 Å². The molecule has 0 rings (SSSR count). The normalized spacial score (nSPS) is 18.3. The molecule has 3 heteroatoms. The fourth-order valence-electron chi connectivity index (χ4n) is 0.975. The highest BCUT2D eigenvalue weighted by atomic mass is 16.5. The standard InChI is InChI=1S/C9H18O3/c1-8(4-7-12-3)9(2,11)5-6-10/h6,8,11H,4-5,7H2,1-3H3. The van der Waals surface area contributed by atoms with Crippen LogP contribution >= 0.6 is 0 Å². The van der Waals surface area contributed by atoms with Gasteiger partial charge in [-0.2, -0.15) is 0 Å². The second-order valence-electron chi connectivity index (χ2n) is 3.41. The van der Waals surface area contributed by atoms with Crippen LogP contribution < -0.4 is 0 Å². The largest absolute Gasteiger partial charge is 0.389 e. The predicted octanol–water partition coefficient (Wildman–Crippen LogP) is 0.999. The van der Waals surface area contributed by atoms with Crippen molar-refractivity contribution < 1.29 is 14.6 Å². The van der Waals surface area contributed by atoms with E-state index in [1.165, 1.54) is 0 Å². The number of hydrogen-bond acceptors (Lipinski definition) is 3. The maximum absolute atomic E-state index is 10.2. The van der Waals surface area contributed by atoms with E-state index in [0.29, 0.717) is 6.61 Å². The monoisotopic (exact) mass is 174 g/mol. The van der Waals surface area contributed by atoms with Crippen molar-refractivity contribution in [3.05, 3.63) is 0 Å². The lowest BCUT2D eigenvalue weighted by Crippen LogP contribution is -2.33. The number of rotatable bonds is 6. The lowest BCUT2D eigenvalue weighted by atomic mass is 9.86. The Morgan fingerprint density at radius 1 is 1.67 bits per heavy atom. The minimum Gasteiger partial charge on any atom is -0.389 e. The molecule has 1 N–H and O–H groups in total. The van der Waals surface area contributed by atoms with E-state index in [2.05, 4.69) is 0 Å². The van der Waals surface area contributed by atoms with E-state index >= 15 is 0 Å². The Kier molecular flexibility index (Phi) is 5.09. The van der Waals surface area contributed by atoms with Gasteiger partial charge in [0.15, 0.2) is 0 Å². The van der Waals surface area contributed by atoms with Gasteiger partial charge in [-0.1, -0.05) is 6.92 Å². The molecule has 0 aromatic carbocycles. The summed E-state index contributed by atoms with van der Waals surface area (Å²) in [6, 6.07) is 0. The number of ether oxygens (including phenoxy) is 1. The molecule has 0 heterocycles. The van der Waals surface area contributed by atoms with Gasteiger partial charge in [-0.3, -0.25) is 0 Å². The van der Waals surface area contributed by atoms with E-state index in [-0.39, 0.29) is 12.3 Å². The molecule has 0 aliphatic rings. The molecule has 0 aliphatic carbocycles. The molecule has 12 heavy (non-hydrogen) atoms. The van der Waals surface area contributed by atoms with E-state index in [9.17, 15) is 9.90 Å². The topological polar surface area (TPSA) is 46.5 Å². The van der Waals surface area contributed by atoms with Crippen molar-refractivity contribution in [1.29, 1.82) is 0 Å². The lowest BCUT2D eigenvalue weighted by Gasteiger charge is -2.28. The van der Waals surface area contributed by atoms with Crippen molar-refractivity contribution in [3.8, 4) is 0 Å². The molecule has 0 aliphatic heterocycles. The van der Waals surface area contributed by atoms with E-state index in [1.807, 2.05) is 6.92 Å². The fraction of sp³-hybridized carbons (Fsp3) is 0.889. The van der Waals surface area contributed by atoms with Gasteiger partial charge in [0.1, 0.15) is 6.29 Å². The Morgan fingerprint density at radius 2 is 2.25 bits per heavy atom.